The number of rotatable bonds is 8. The zero-order chi connectivity index (χ0) is 15.9. The molecule has 7 heteroatoms. The zero-order valence-corrected chi connectivity index (χ0v) is 13.4. The molecule has 0 aliphatic rings. The lowest BCUT2D eigenvalue weighted by atomic mass is 10.1. The van der Waals surface area contributed by atoms with Crippen LogP contribution in [0.1, 0.15) is 12.5 Å². The number of methoxy groups -OCH3 is 1. The van der Waals surface area contributed by atoms with E-state index in [9.17, 15) is 13.2 Å². The van der Waals surface area contributed by atoms with Gasteiger partial charge in [0.25, 0.3) is 0 Å². The van der Waals surface area contributed by atoms with Gasteiger partial charge in [0.2, 0.25) is 15.9 Å². The van der Waals surface area contributed by atoms with E-state index in [2.05, 4.69) is 5.32 Å². The lowest BCUT2D eigenvalue weighted by Gasteiger charge is -2.20. The molecule has 0 saturated carbocycles. The number of carbonyl (C=O) groups is 1. The molecule has 0 aromatic heterocycles. The highest BCUT2D eigenvalue weighted by Crippen LogP contribution is 2.18. The van der Waals surface area contributed by atoms with Gasteiger partial charge in [-0.15, -0.1) is 0 Å². The minimum Gasteiger partial charge on any atom is -0.496 e. The number of nitrogens with one attached hydrogen (secondary N) is 1. The number of hydrogen-bond donors (Lipinski definition) is 1. The summed E-state index contributed by atoms with van der Waals surface area (Å²) in [6.07, 6.45) is 1.72. The van der Waals surface area contributed by atoms with Crippen molar-refractivity contribution in [3.8, 4) is 5.75 Å². The Morgan fingerprint density at radius 3 is 2.52 bits per heavy atom. The molecule has 0 spiro atoms. The Balaban J connectivity index is 2.67. The van der Waals surface area contributed by atoms with Crippen molar-refractivity contribution in [2.45, 2.75) is 13.3 Å². The standard InChI is InChI=1S/C14H22N2O4S/c1-12(17)15-9-11-16(21(3,18)19)10-8-13-6-4-5-7-14(13)20-2/h4-7H,8-11H2,1-3H3,(H,15,17). The summed E-state index contributed by atoms with van der Waals surface area (Å²) < 4.78 is 30.1. The normalized spacial score (nSPS) is 11.4. The average molecular weight is 314 g/mol. The Labute approximate surface area is 126 Å². The van der Waals surface area contributed by atoms with Gasteiger partial charge in [-0.05, 0) is 18.1 Å². The van der Waals surface area contributed by atoms with Gasteiger partial charge in [-0.25, -0.2) is 12.7 Å². The topological polar surface area (TPSA) is 75.7 Å². The molecule has 0 radical (unpaired) electrons. The minimum absolute atomic E-state index is 0.173. The molecule has 0 aliphatic carbocycles. The Morgan fingerprint density at radius 1 is 1.29 bits per heavy atom. The van der Waals surface area contributed by atoms with E-state index >= 15 is 0 Å². The molecule has 21 heavy (non-hydrogen) atoms. The number of hydrogen-bond acceptors (Lipinski definition) is 4. The number of para-hydroxylation sites is 1. The van der Waals surface area contributed by atoms with Crippen LogP contribution in [0.5, 0.6) is 5.75 Å². The van der Waals surface area contributed by atoms with E-state index in [4.69, 9.17) is 4.74 Å². The van der Waals surface area contributed by atoms with Gasteiger partial charge in [-0.1, -0.05) is 18.2 Å². The molecule has 0 aliphatic heterocycles. The third-order valence-electron chi connectivity index (χ3n) is 3.03. The summed E-state index contributed by atoms with van der Waals surface area (Å²) in [5, 5.41) is 2.60. The van der Waals surface area contributed by atoms with Crippen molar-refractivity contribution in [2.75, 3.05) is 33.0 Å². The van der Waals surface area contributed by atoms with Crippen LogP contribution in [0.15, 0.2) is 24.3 Å². The smallest absolute Gasteiger partial charge is 0.216 e. The molecular formula is C14H22N2O4S. The highest BCUT2D eigenvalue weighted by Gasteiger charge is 2.16. The first-order valence-electron chi connectivity index (χ1n) is 6.66. The van der Waals surface area contributed by atoms with Crippen molar-refractivity contribution in [3.05, 3.63) is 29.8 Å². The van der Waals surface area contributed by atoms with E-state index in [1.165, 1.54) is 17.5 Å². The second-order valence-electron chi connectivity index (χ2n) is 4.71. The second kappa shape index (κ2) is 7.99. The van der Waals surface area contributed by atoms with Crippen molar-refractivity contribution in [1.29, 1.82) is 0 Å². The molecule has 1 amide bonds. The molecule has 1 aromatic rings. The van der Waals surface area contributed by atoms with Crippen molar-refractivity contribution >= 4 is 15.9 Å². The van der Waals surface area contributed by atoms with Gasteiger partial charge in [0.1, 0.15) is 5.75 Å². The highest BCUT2D eigenvalue weighted by atomic mass is 32.2. The molecule has 118 valence electrons. The predicted molar refractivity (Wildman–Crippen MR) is 81.8 cm³/mol. The van der Waals surface area contributed by atoms with Crippen molar-refractivity contribution < 1.29 is 17.9 Å². The van der Waals surface area contributed by atoms with Gasteiger partial charge in [0, 0.05) is 26.6 Å². The first-order chi connectivity index (χ1) is 9.84. The Kier molecular flexibility index (Phi) is 6.64. The fourth-order valence-corrected chi connectivity index (χ4v) is 2.80. The van der Waals surface area contributed by atoms with Crippen molar-refractivity contribution in [1.82, 2.24) is 9.62 Å². The quantitative estimate of drug-likeness (QED) is 0.764. The SMILES string of the molecule is COc1ccccc1CCN(CCNC(C)=O)S(C)(=O)=O. The van der Waals surface area contributed by atoms with Gasteiger partial charge in [-0.3, -0.25) is 4.79 Å². The molecule has 0 bridgehead atoms. The van der Waals surface area contributed by atoms with Crippen LogP contribution >= 0.6 is 0 Å². The summed E-state index contributed by atoms with van der Waals surface area (Å²) in [4.78, 5) is 10.8. The fourth-order valence-electron chi connectivity index (χ4n) is 1.95. The monoisotopic (exact) mass is 314 g/mol. The van der Waals surface area contributed by atoms with E-state index in [1.807, 2.05) is 24.3 Å². The maximum absolute atomic E-state index is 11.8. The van der Waals surface area contributed by atoms with Gasteiger partial charge >= 0.3 is 0 Å². The van der Waals surface area contributed by atoms with Crippen LogP contribution in [0, 0.1) is 0 Å². The largest absolute Gasteiger partial charge is 0.496 e. The van der Waals surface area contributed by atoms with Crippen LogP contribution in [-0.4, -0.2) is 51.6 Å². The first kappa shape index (κ1) is 17.5. The summed E-state index contributed by atoms with van der Waals surface area (Å²) in [7, 11) is -1.72. The number of sulfonamides is 1. The summed E-state index contributed by atoms with van der Waals surface area (Å²) in [6.45, 7) is 2.31. The maximum atomic E-state index is 11.8. The summed E-state index contributed by atoms with van der Waals surface area (Å²) >= 11 is 0. The molecule has 0 unspecified atom stereocenters. The van der Waals surface area contributed by atoms with Crippen molar-refractivity contribution in [2.24, 2.45) is 0 Å². The summed E-state index contributed by atoms with van der Waals surface area (Å²) in [5.74, 6) is 0.570. The molecule has 0 heterocycles. The third kappa shape index (κ3) is 6.14. The van der Waals surface area contributed by atoms with E-state index in [0.717, 1.165) is 11.3 Å². The minimum atomic E-state index is -3.31. The summed E-state index contributed by atoms with van der Waals surface area (Å²) in [6, 6.07) is 7.51. The van der Waals surface area contributed by atoms with E-state index in [-0.39, 0.29) is 12.5 Å². The molecular weight excluding hydrogens is 292 g/mol. The van der Waals surface area contributed by atoms with Gasteiger partial charge in [0.05, 0.1) is 13.4 Å². The molecule has 0 atom stereocenters. The number of nitrogens with zero attached hydrogens (tertiary/aromatic N) is 1. The van der Waals surface area contributed by atoms with Crippen LogP contribution in [0.2, 0.25) is 0 Å². The van der Waals surface area contributed by atoms with Gasteiger partial charge < -0.3 is 10.1 Å². The highest BCUT2D eigenvalue weighted by molar-refractivity contribution is 7.88. The fraction of sp³-hybridized carbons (Fsp3) is 0.500. The van der Waals surface area contributed by atoms with Crippen LogP contribution in [-0.2, 0) is 21.2 Å². The molecule has 1 N–H and O–H groups in total. The molecule has 6 nitrogen and oxygen atoms in total. The number of amides is 1. The van der Waals surface area contributed by atoms with Gasteiger partial charge in [0.15, 0.2) is 0 Å². The zero-order valence-electron chi connectivity index (χ0n) is 12.6. The first-order valence-corrected chi connectivity index (χ1v) is 8.51. The Hall–Kier alpha value is -1.60. The van der Waals surface area contributed by atoms with Crippen LogP contribution < -0.4 is 10.1 Å². The molecule has 0 saturated heterocycles. The lowest BCUT2D eigenvalue weighted by molar-refractivity contribution is -0.118. The predicted octanol–water partition coefficient (Wildman–Crippen LogP) is 0.635. The number of carbonyl (C=O) groups excluding carboxylic acids is 1. The van der Waals surface area contributed by atoms with E-state index in [1.54, 1.807) is 7.11 Å². The van der Waals surface area contributed by atoms with Crippen LogP contribution in [0.4, 0.5) is 0 Å². The molecule has 1 rings (SSSR count). The van der Waals surface area contributed by atoms with Crippen molar-refractivity contribution in [3.63, 3.8) is 0 Å². The Bertz CT molecular complexity index is 572. The molecule has 1 aromatic carbocycles. The Morgan fingerprint density at radius 2 is 1.95 bits per heavy atom. The molecule has 0 fully saturated rings. The number of ether oxygens (including phenoxy) is 1. The van der Waals surface area contributed by atoms with Crippen LogP contribution in [0.3, 0.4) is 0 Å². The number of benzene rings is 1. The average Bonchev–Trinajstić information content (AvgIpc) is 2.41. The maximum Gasteiger partial charge on any atom is 0.216 e. The van der Waals surface area contributed by atoms with Gasteiger partial charge in [-0.2, -0.15) is 0 Å². The van der Waals surface area contributed by atoms with E-state index < -0.39 is 10.0 Å². The second-order valence-corrected chi connectivity index (χ2v) is 6.69. The lowest BCUT2D eigenvalue weighted by Crippen LogP contribution is -2.38. The van der Waals surface area contributed by atoms with E-state index in [0.29, 0.717) is 19.5 Å². The van der Waals surface area contributed by atoms with Crippen LogP contribution in [0.25, 0.3) is 0 Å². The third-order valence-corrected chi connectivity index (χ3v) is 4.33. The summed E-state index contributed by atoms with van der Waals surface area (Å²) in [5.41, 5.74) is 0.952.